The first-order valence-corrected chi connectivity index (χ1v) is 15.4. The SMILES string of the molecule is CC(C)(C)OC(=O)N1CCC(Nc2nc(NCc3cn(CCCNCCN4CCCC4)nn3)nc3ccccc23)CC1. The fourth-order valence-corrected chi connectivity index (χ4v) is 5.42. The van der Waals surface area contributed by atoms with Crippen molar-refractivity contribution in [1.29, 1.82) is 0 Å². The molecule has 0 unspecified atom stereocenters. The summed E-state index contributed by atoms with van der Waals surface area (Å²) in [6.07, 6.45) is 7.06. The van der Waals surface area contributed by atoms with E-state index >= 15 is 0 Å². The average Bonchev–Trinajstić information content (AvgIpc) is 3.66. The molecule has 0 spiro atoms. The van der Waals surface area contributed by atoms with Gasteiger partial charge < -0.3 is 30.5 Å². The van der Waals surface area contributed by atoms with Crippen molar-refractivity contribution < 1.29 is 9.53 Å². The number of hydrogen-bond donors (Lipinski definition) is 3. The Labute approximate surface area is 248 Å². The van der Waals surface area contributed by atoms with Crippen molar-refractivity contribution in [3.63, 3.8) is 0 Å². The first-order chi connectivity index (χ1) is 20.3. The lowest BCUT2D eigenvalue weighted by molar-refractivity contribution is 0.0210. The summed E-state index contributed by atoms with van der Waals surface area (Å²) in [4.78, 5) is 26.3. The van der Waals surface area contributed by atoms with Crippen molar-refractivity contribution in [2.75, 3.05) is 56.4 Å². The van der Waals surface area contributed by atoms with Crippen LogP contribution in [0.3, 0.4) is 0 Å². The van der Waals surface area contributed by atoms with Gasteiger partial charge in [-0.1, -0.05) is 17.3 Å². The molecule has 0 bridgehead atoms. The Morgan fingerprint density at radius 1 is 1.02 bits per heavy atom. The second kappa shape index (κ2) is 14.1. The number of fused-ring (bicyclic) bond motifs is 1. The Morgan fingerprint density at radius 3 is 2.60 bits per heavy atom. The van der Waals surface area contributed by atoms with Crippen LogP contribution in [-0.2, 0) is 17.8 Å². The highest BCUT2D eigenvalue weighted by molar-refractivity contribution is 5.90. The predicted octanol–water partition coefficient (Wildman–Crippen LogP) is 3.72. The molecular weight excluding hydrogens is 532 g/mol. The van der Waals surface area contributed by atoms with Gasteiger partial charge in [0.2, 0.25) is 5.95 Å². The van der Waals surface area contributed by atoms with Crippen LogP contribution < -0.4 is 16.0 Å². The second-order valence-corrected chi connectivity index (χ2v) is 12.3. The highest BCUT2D eigenvalue weighted by atomic mass is 16.6. The monoisotopic (exact) mass is 578 g/mol. The number of para-hydroxylation sites is 1. The zero-order valence-corrected chi connectivity index (χ0v) is 25.3. The average molecular weight is 579 g/mol. The molecule has 1 aromatic carbocycles. The normalized spacial score (nSPS) is 16.7. The van der Waals surface area contributed by atoms with Gasteiger partial charge in [-0.3, -0.25) is 4.68 Å². The highest BCUT2D eigenvalue weighted by Crippen LogP contribution is 2.25. The molecule has 2 aromatic heterocycles. The number of carbonyl (C=O) groups excluding carboxylic acids is 1. The molecule has 42 heavy (non-hydrogen) atoms. The van der Waals surface area contributed by atoms with Crippen LogP contribution in [0.1, 0.15) is 58.6 Å². The van der Waals surface area contributed by atoms with E-state index in [-0.39, 0.29) is 12.1 Å². The smallest absolute Gasteiger partial charge is 0.410 e. The minimum absolute atomic E-state index is 0.199. The van der Waals surface area contributed by atoms with Crippen molar-refractivity contribution in [2.45, 2.75) is 77.6 Å². The number of nitrogens with zero attached hydrogens (tertiary/aromatic N) is 7. The van der Waals surface area contributed by atoms with Gasteiger partial charge in [-0.25, -0.2) is 9.78 Å². The van der Waals surface area contributed by atoms with Crippen LogP contribution in [-0.4, -0.2) is 98.3 Å². The molecule has 0 aliphatic carbocycles. The Bertz CT molecular complexity index is 1290. The number of aryl methyl sites for hydroxylation is 1. The standard InChI is InChI=1S/C30H46N10O2/c1-30(2,3)42-29(41)39-18-11-23(12-19-39)33-27-25-9-4-5-10-26(25)34-28(35-27)32-21-24-22-40(37-36-24)17-8-13-31-14-20-38-15-6-7-16-38/h4-5,9-10,22-23,31H,6-8,11-21H2,1-3H3,(H2,32,33,34,35). The van der Waals surface area contributed by atoms with Crippen LogP contribution in [0.5, 0.6) is 0 Å². The zero-order chi connectivity index (χ0) is 29.4. The van der Waals surface area contributed by atoms with E-state index in [1.165, 1.54) is 25.9 Å². The molecule has 2 aliphatic rings. The van der Waals surface area contributed by atoms with Crippen LogP contribution in [0.25, 0.3) is 10.9 Å². The number of likely N-dealkylation sites (tertiary alicyclic amines) is 2. The summed E-state index contributed by atoms with van der Waals surface area (Å²) in [7, 11) is 0. The van der Waals surface area contributed by atoms with Gasteiger partial charge in [-0.05, 0) is 84.6 Å². The molecule has 3 N–H and O–H groups in total. The van der Waals surface area contributed by atoms with Crippen LogP contribution in [0.4, 0.5) is 16.6 Å². The van der Waals surface area contributed by atoms with Crippen LogP contribution in [0, 0.1) is 0 Å². The van der Waals surface area contributed by atoms with Gasteiger partial charge in [0, 0.05) is 44.2 Å². The van der Waals surface area contributed by atoms with Crippen LogP contribution >= 0.6 is 0 Å². The second-order valence-electron chi connectivity index (χ2n) is 12.3. The first-order valence-electron chi connectivity index (χ1n) is 15.4. The summed E-state index contributed by atoms with van der Waals surface area (Å²) in [6.45, 7) is 13.9. The number of amides is 1. The number of benzene rings is 1. The molecule has 0 atom stereocenters. The number of anilines is 2. The third kappa shape index (κ3) is 8.75. The number of aromatic nitrogens is 5. The maximum Gasteiger partial charge on any atom is 0.410 e. The molecule has 0 radical (unpaired) electrons. The van der Waals surface area contributed by atoms with E-state index in [1.807, 2.05) is 55.9 Å². The van der Waals surface area contributed by atoms with Crippen molar-refractivity contribution in [3.05, 3.63) is 36.2 Å². The van der Waals surface area contributed by atoms with E-state index in [2.05, 4.69) is 31.2 Å². The summed E-state index contributed by atoms with van der Waals surface area (Å²) in [6, 6.07) is 8.20. The summed E-state index contributed by atoms with van der Waals surface area (Å²) >= 11 is 0. The molecule has 2 saturated heterocycles. The number of rotatable bonds is 12. The molecule has 12 heteroatoms. The molecular formula is C30H46N10O2. The molecule has 228 valence electrons. The van der Waals surface area contributed by atoms with Crippen LogP contribution in [0.2, 0.25) is 0 Å². The van der Waals surface area contributed by atoms with Gasteiger partial charge in [0.1, 0.15) is 17.1 Å². The lowest BCUT2D eigenvalue weighted by atomic mass is 10.1. The zero-order valence-electron chi connectivity index (χ0n) is 25.3. The summed E-state index contributed by atoms with van der Waals surface area (Å²) in [5.74, 6) is 1.33. The highest BCUT2D eigenvalue weighted by Gasteiger charge is 2.27. The maximum atomic E-state index is 12.5. The van der Waals surface area contributed by atoms with Gasteiger partial charge in [0.05, 0.1) is 18.3 Å². The molecule has 2 fully saturated rings. The Hall–Kier alpha value is -3.51. The molecule has 12 nitrogen and oxygen atoms in total. The molecule has 3 aromatic rings. The predicted molar refractivity (Wildman–Crippen MR) is 164 cm³/mol. The summed E-state index contributed by atoms with van der Waals surface area (Å²) < 4.78 is 7.44. The third-order valence-corrected chi connectivity index (χ3v) is 7.65. The van der Waals surface area contributed by atoms with Crippen molar-refractivity contribution in [3.8, 4) is 0 Å². The number of ether oxygens (including phenoxy) is 1. The summed E-state index contributed by atoms with van der Waals surface area (Å²) in [5, 5.41) is 20.1. The topological polar surface area (TPSA) is 125 Å². The van der Waals surface area contributed by atoms with Crippen molar-refractivity contribution in [1.82, 2.24) is 40.1 Å². The van der Waals surface area contributed by atoms with Gasteiger partial charge in [-0.15, -0.1) is 5.10 Å². The van der Waals surface area contributed by atoms with E-state index in [0.717, 1.165) is 67.9 Å². The van der Waals surface area contributed by atoms with Crippen molar-refractivity contribution >= 4 is 28.8 Å². The third-order valence-electron chi connectivity index (χ3n) is 7.65. The number of carbonyl (C=O) groups is 1. The molecule has 2 aliphatic heterocycles. The lowest BCUT2D eigenvalue weighted by Gasteiger charge is -2.34. The van der Waals surface area contributed by atoms with E-state index in [0.29, 0.717) is 25.6 Å². The van der Waals surface area contributed by atoms with Gasteiger partial charge >= 0.3 is 6.09 Å². The first kappa shape index (κ1) is 30.0. The van der Waals surface area contributed by atoms with E-state index in [4.69, 9.17) is 14.7 Å². The minimum Gasteiger partial charge on any atom is -0.444 e. The fourth-order valence-electron chi connectivity index (χ4n) is 5.42. The maximum absolute atomic E-state index is 12.5. The molecule has 1 amide bonds. The molecule has 4 heterocycles. The van der Waals surface area contributed by atoms with Gasteiger partial charge in [0.25, 0.3) is 0 Å². The van der Waals surface area contributed by atoms with Crippen molar-refractivity contribution in [2.24, 2.45) is 0 Å². The van der Waals surface area contributed by atoms with Crippen LogP contribution in [0.15, 0.2) is 30.5 Å². The lowest BCUT2D eigenvalue weighted by Crippen LogP contribution is -2.44. The Kier molecular flexibility index (Phi) is 10.1. The Morgan fingerprint density at radius 2 is 1.81 bits per heavy atom. The van der Waals surface area contributed by atoms with E-state index in [9.17, 15) is 4.79 Å². The summed E-state index contributed by atoms with van der Waals surface area (Å²) in [5.41, 5.74) is 1.22. The fraction of sp³-hybridized carbons (Fsp3) is 0.633. The van der Waals surface area contributed by atoms with Gasteiger partial charge in [-0.2, -0.15) is 4.98 Å². The van der Waals surface area contributed by atoms with Gasteiger partial charge in [0.15, 0.2) is 0 Å². The van der Waals surface area contributed by atoms with E-state index in [1.54, 1.807) is 4.90 Å². The number of piperidine rings is 1. The molecule has 5 rings (SSSR count). The quantitative estimate of drug-likeness (QED) is 0.274. The number of nitrogens with one attached hydrogen (secondary N) is 3. The largest absolute Gasteiger partial charge is 0.444 e. The Balaban J connectivity index is 1.10. The number of hydrogen-bond acceptors (Lipinski definition) is 10. The minimum atomic E-state index is -0.492. The van der Waals surface area contributed by atoms with E-state index < -0.39 is 5.60 Å². The molecule has 0 saturated carbocycles.